The Kier molecular flexibility index (Phi) is 3.38. The summed E-state index contributed by atoms with van der Waals surface area (Å²) in [5.41, 5.74) is 5.95. The number of halogens is 1. The predicted molar refractivity (Wildman–Crippen MR) is 96.0 cm³/mol. The average molecular weight is 346 g/mol. The molecule has 1 aliphatic carbocycles. The molecule has 5 rings (SSSR count). The first-order chi connectivity index (χ1) is 12.8. The van der Waals surface area contributed by atoms with Crippen LogP contribution in [0.15, 0.2) is 42.9 Å². The zero-order valence-electron chi connectivity index (χ0n) is 13.8. The summed E-state index contributed by atoms with van der Waals surface area (Å²) in [7, 11) is 0. The fourth-order valence-electron chi connectivity index (χ4n) is 3.43. The first-order valence-corrected chi connectivity index (χ1v) is 8.43. The van der Waals surface area contributed by atoms with Crippen LogP contribution in [0.1, 0.15) is 16.8 Å². The van der Waals surface area contributed by atoms with E-state index in [0.29, 0.717) is 12.5 Å². The van der Waals surface area contributed by atoms with Gasteiger partial charge in [0.1, 0.15) is 5.82 Å². The highest BCUT2D eigenvalue weighted by Crippen LogP contribution is 2.36. The molecule has 0 spiro atoms. The molecule has 0 fully saturated rings. The quantitative estimate of drug-likeness (QED) is 0.595. The van der Waals surface area contributed by atoms with Crippen molar-refractivity contribution in [2.75, 3.05) is 5.32 Å². The zero-order chi connectivity index (χ0) is 17.5. The number of hydrogen-bond donors (Lipinski definition) is 2. The Bertz CT molecular complexity index is 1120. The van der Waals surface area contributed by atoms with Crippen LogP contribution < -0.4 is 5.32 Å². The molecule has 0 bridgehead atoms. The molecule has 1 aliphatic rings. The Morgan fingerprint density at radius 3 is 3.00 bits per heavy atom. The molecule has 128 valence electrons. The van der Waals surface area contributed by atoms with Crippen molar-refractivity contribution < 1.29 is 4.39 Å². The van der Waals surface area contributed by atoms with Gasteiger partial charge in [-0.15, -0.1) is 0 Å². The minimum absolute atomic E-state index is 0.245. The molecule has 0 saturated carbocycles. The Labute approximate surface area is 148 Å². The van der Waals surface area contributed by atoms with Gasteiger partial charge in [0, 0.05) is 35.5 Å². The van der Waals surface area contributed by atoms with Gasteiger partial charge in [-0.3, -0.25) is 5.10 Å². The summed E-state index contributed by atoms with van der Waals surface area (Å²) < 4.78 is 13.3. The van der Waals surface area contributed by atoms with Crippen molar-refractivity contribution in [1.29, 1.82) is 0 Å². The number of rotatable bonds is 3. The van der Waals surface area contributed by atoms with Gasteiger partial charge in [-0.05, 0) is 36.1 Å². The largest absolute Gasteiger partial charge is 0.350 e. The molecule has 0 aliphatic heterocycles. The van der Waals surface area contributed by atoms with Gasteiger partial charge < -0.3 is 5.32 Å². The molecule has 0 unspecified atom stereocenters. The van der Waals surface area contributed by atoms with E-state index in [0.717, 1.165) is 46.3 Å². The van der Waals surface area contributed by atoms with E-state index in [9.17, 15) is 4.39 Å². The molecule has 4 aromatic rings. The fourth-order valence-corrected chi connectivity index (χ4v) is 3.43. The van der Waals surface area contributed by atoms with Crippen molar-refractivity contribution in [3.63, 3.8) is 0 Å². The van der Waals surface area contributed by atoms with Gasteiger partial charge in [0.15, 0.2) is 5.65 Å². The summed E-state index contributed by atoms with van der Waals surface area (Å²) in [6, 6.07) is 6.50. The molecular weight excluding hydrogens is 331 g/mol. The van der Waals surface area contributed by atoms with Gasteiger partial charge in [0.05, 0.1) is 11.9 Å². The average Bonchev–Trinajstić information content (AvgIpc) is 3.15. The van der Waals surface area contributed by atoms with Gasteiger partial charge in [0.25, 0.3) is 0 Å². The Morgan fingerprint density at radius 2 is 2.08 bits per heavy atom. The van der Waals surface area contributed by atoms with Crippen LogP contribution in [0.25, 0.3) is 22.2 Å². The molecule has 3 heterocycles. The predicted octanol–water partition coefficient (Wildman–Crippen LogP) is 3.26. The van der Waals surface area contributed by atoms with E-state index in [1.165, 1.54) is 17.7 Å². The number of pyridine rings is 1. The van der Waals surface area contributed by atoms with Crippen LogP contribution >= 0.6 is 0 Å². The van der Waals surface area contributed by atoms with Crippen LogP contribution in [-0.2, 0) is 19.4 Å². The molecule has 26 heavy (non-hydrogen) atoms. The molecular formula is C19H15FN6. The maximum atomic E-state index is 13.3. The Hall–Kier alpha value is -3.35. The van der Waals surface area contributed by atoms with Crippen molar-refractivity contribution in [2.24, 2.45) is 0 Å². The lowest BCUT2D eigenvalue weighted by Crippen LogP contribution is -2.11. The number of nitrogens with zero attached hydrogens (tertiary/aromatic N) is 4. The topological polar surface area (TPSA) is 79.4 Å². The summed E-state index contributed by atoms with van der Waals surface area (Å²) in [5.74, 6) is 0.305. The monoisotopic (exact) mass is 346 g/mol. The molecule has 1 aromatic carbocycles. The number of H-pyrrole nitrogens is 1. The normalized spacial score (nSPS) is 12.7. The number of fused-ring (bicyclic) bond motifs is 5. The molecule has 2 N–H and O–H groups in total. The van der Waals surface area contributed by atoms with E-state index in [2.05, 4.69) is 30.5 Å². The summed E-state index contributed by atoms with van der Waals surface area (Å²) in [6.07, 6.45) is 7.27. The summed E-state index contributed by atoms with van der Waals surface area (Å²) in [5, 5.41) is 11.2. The van der Waals surface area contributed by atoms with Crippen molar-refractivity contribution in [3.8, 4) is 11.1 Å². The molecule has 0 radical (unpaired) electrons. The van der Waals surface area contributed by atoms with Gasteiger partial charge in [-0.25, -0.2) is 19.3 Å². The number of aryl methyl sites for hydroxylation is 2. The first kappa shape index (κ1) is 14.9. The van der Waals surface area contributed by atoms with E-state index in [-0.39, 0.29) is 5.82 Å². The maximum absolute atomic E-state index is 13.3. The minimum atomic E-state index is -0.245. The Balaban J connectivity index is 1.48. The third kappa shape index (κ3) is 2.48. The summed E-state index contributed by atoms with van der Waals surface area (Å²) in [4.78, 5) is 13.5. The second-order valence-corrected chi connectivity index (χ2v) is 6.33. The number of hydrogen-bond acceptors (Lipinski definition) is 5. The second-order valence-electron chi connectivity index (χ2n) is 6.33. The standard InChI is InChI=1S/C19H15FN6/c20-13-3-1-2-11(6-13)7-22-19-23-9-14-16(25-19)5-4-12-8-21-18-15(17(12)14)10-24-26-18/h1-3,6,8-10H,4-5,7H2,(H,21,24,26)(H,22,23,25). The smallest absolute Gasteiger partial charge is 0.223 e. The number of aromatic amines is 1. The van der Waals surface area contributed by atoms with Crippen LogP contribution in [0.4, 0.5) is 10.3 Å². The van der Waals surface area contributed by atoms with Crippen LogP contribution in [0, 0.1) is 5.82 Å². The van der Waals surface area contributed by atoms with Crippen LogP contribution in [-0.4, -0.2) is 25.1 Å². The highest BCUT2D eigenvalue weighted by Gasteiger charge is 2.21. The maximum Gasteiger partial charge on any atom is 0.223 e. The van der Waals surface area contributed by atoms with E-state index in [1.54, 1.807) is 12.3 Å². The van der Waals surface area contributed by atoms with E-state index < -0.39 is 0 Å². The lowest BCUT2D eigenvalue weighted by Gasteiger charge is -2.19. The third-order valence-electron chi connectivity index (χ3n) is 4.67. The molecule has 0 atom stereocenters. The van der Waals surface area contributed by atoms with Crippen molar-refractivity contribution in [2.45, 2.75) is 19.4 Å². The lowest BCUT2D eigenvalue weighted by molar-refractivity contribution is 0.626. The second kappa shape index (κ2) is 5.87. The van der Waals surface area contributed by atoms with Gasteiger partial charge in [0.2, 0.25) is 5.95 Å². The Morgan fingerprint density at radius 1 is 1.12 bits per heavy atom. The molecule has 6 nitrogen and oxygen atoms in total. The number of nitrogens with one attached hydrogen (secondary N) is 2. The SMILES string of the molecule is Fc1cccc(CNc2ncc3c(n2)CCc2cnc4[nH]ncc4c2-3)c1. The zero-order valence-corrected chi connectivity index (χ0v) is 13.8. The van der Waals surface area contributed by atoms with Crippen LogP contribution in [0.3, 0.4) is 0 Å². The van der Waals surface area contributed by atoms with Gasteiger partial charge in [-0.1, -0.05) is 12.1 Å². The number of benzene rings is 1. The van der Waals surface area contributed by atoms with E-state index in [1.807, 2.05) is 18.5 Å². The first-order valence-electron chi connectivity index (χ1n) is 8.43. The lowest BCUT2D eigenvalue weighted by atomic mass is 9.89. The van der Waals surface area contributed by atoms with Crippen molar-refractivity contribution in [1.82, 2.24) is 25.1 Å². The van der Waals surface area contributed by atoms with Crippen LogP contribution in [0.2, 0.25) is 0 Å². The van der Waals surface area contributed by atoms with Gasteiger partial charge >= 0.3 is 0 Å². The number of anilines is 1. The minimum Gasteiger partial charge on any atom is -0.350 e. The number of aromatic nitrogens is 5. The van der Waals surface area contributed by atoms with E-state index in [4.69, 9.17) is 0 Å². The fraction of sp³-hybridized carbons (Fsp3) is 0.158. The van der Waals surface area contributed by atoms with Crippen molar-refractivity contribution >= 4 is 17.0 Å². The molecule has 0 amide bonds. The van der Waals surface area contributed by atoms with E-state index >= 15 is 0 Å². The molecule has 3 aromatic heterocycles. The summed E-state index contributed by atoms with van der Waals surface area (Å²) in [6.45, 7) is 0.475. The van der Waals surface area contributed by atoms with Gasteiger partial charge in [-0.2, -0.15) is 5.10 Å². The highest BCUT2D eigenvalue weighted by molar-refractivity contribution is 5.95. The molecule has 0 saturated heterocycles. The van der Waals surface area contributed by atoms with Crippen LogP contribution in [0.5, 0.6) is 0 Å². The summed E-state index contributed by atoms with van der Waals surface area (Å²) >= 11 is 0. The third-order valence-corrected chi connectivity index (χ3v) is 4.67. The van der Waals surface area contributed by atoms with Crippen molar-refractivity contribution in [3.05, 3.63) is 65.5 Å². The highest BCUT2D eigenvalue weighted by atomic mass is 19.1. The molecule has 7 heteroatoms.